The standard InChI is InChI=1S/C16H17F3N2/c1-2-4-11-5-3-6-12(9-11)15(20)14-8-7-13(10-21-14)16(17,18)19/h3,5-10,15H,2,4,20H2,1H3. The van der Waals surface area contributed by atoms with Crippen LogP contribution in [0.25, 0.3) is 0 Å². The Morgan fingerprint density at radius 1 is 1.19 bits per heavy atom. The number of hydrogen-bond donors (Lipinski definition) is 1. The van der Waals surface area contributed by atoms with Crippen molar-refractivity contribution in [3.63, 3.8) is 0 Å². The van der Waals surface area contributed by atoms with E-state index in [2.05, 4.69) is 11.9 Å². The summed E-state index contributed by atoms with van der Waals surface area (Å²) < 4.78 is 37.5. The molecule has 112 valence electrons. The zero-order valence-corrected chi connectivity index (χ0v) is 11.7. The minimum absolute atomic E-state index is 0.427. The monoisotopic (exact) mass is 294 g/mol. The summed E-state index contributed by atoms with van der Waals surface area (Å²) >= 11 is 0. The van der Waals surface area contributed by atoms with Gasteiger partial charge in [-0.15, -0.1) is 0 Å². The molecule has 1 unspecified atom stereocenters. The third-order valence-electron chi connectivity index (χ3n) is 3.28. The highest BCUT2D eigenvalue weighted by atomic mass is 19.4. The molecular formula is C16H17F3N2. The summed E-state index contributed by atoms with van der Waals surface area (Å²) in [7, 11) is 0. The lowest BCUT2D eigenvalue weighted by atomic mass is 9.99. The Bertz CT molecular complexity index is 591. The van der Waals surface area contributed by atoms with Crippen molar-refractivity contribution in [2.24, 2.45) is 5.73 Å². The molecule has 2 aromatic rings. The van der Waals surface area contributed by atoms with E-state index in [1.54, 1.807) is 0 Å². The Balaban J connectivity index is 2.23. The first-order chi connectivity index (χ1) is 9.91. The summed E-state index contributed by atoms with van der Waals surface area (Å²) in [5, 5.41) is 0. The molecule has 21 heavy (non-hydrogen) atoms. The van der Waals surface area contributed by atoms with E-state index in [1.165, 1.54) is 6.07 Å². The van der Waals surface area contributed by atoms with E-state index in [9.17, 15) is 13.2 Å². The molecule has 0 saturated heterocycles. The van der Waals surface area contributed by atoms with Crippen molar-refractivity contribution in [2.45, 2.75) is 32.0 Å². The number of aryl methyl sites for hydroxylation is 1. The lowest BCUT2D eigenvalue weighted by molar-refractivity contribution is -0.137. The fourth-order valence-electron chi connectivity index (χ4n) is 2.16. The van der Waals surface area contributed by atoms with Gasteiger partial charge in [-0.2, -0.15) is 13.2 Å². The quantitative estimate of drug-likeness (QED) is 0.922. The first-order valence-electron chi connectivity index (χ1n) is 6.79. The summed E-state index contributed by atoms with van der Waals surface area (Å²) in [6, 6.07) is 9.59. The van der Waals surface area contributed by atoms with Crippen LogP contribution in [0, 0.1) is 0 Å². The summed E-state index contributed by atoms with van der Waals surface area (Å²) in [6.45, 7) is 2.09. The smallest absolute Gasteiger partial charge is 0.319 e. The molecule has 0 aliphatic rings. The molecular weight excluding hydrogens is 277 g/mol. The van der Waals surface area contributed by atoms with E-state index in [0.717, 1.165) is 36.2 Å². The van der Waals surface area contributed by atoms with Gasteiger partial charge in [-0.1, -0.05) is 37.6 Å². The van der Waals surface area contributed by atoms with Gasteiger partial charge in [0.1, 0.15) is 0 Å². The number of halogens is 3. The van der Waals surface area contributed by atoms with Crippen LogP contribution in [0.15, 0.2) is 42.6 Å². The van der Waals surface area contributed by atoms with Gasteiger partial charge < -0.3 is 5.73 Å². The van der Waals surface area contributed by atoms with E-state index in [4.69, 9.17) is 5.73 Å². The lowest BCUT2D eigenvalue weighted by Gasteiger charge is -2.14. The van der Waals surface area contributed by atoms with E-state index in [-0.39, 0.29) is 0 Å². The summed E-state index contributed by atoms with van der Waals surface area (Å²) in [5.41, 5.74) is 7.78. The second kappa shape index (κ2) is 6.26. The van der Waals surface area contributed by atoms with E-state index < -0.39 is 17.8 Å². The van der Waals surface area contributed by atoms with Gasteiger partial charge >= 0.3 is 6.18 Å². The molecule has 1 heterocycles. The summed E-state index contributed by atoms with van der Waals surface area (Å²) in [6.07, 6.45) is -1.58. The maximum atomic E-state index is 12.5. The van der Waals surface area contributed by atoms with Crippen molar-refractivity contribution in [1.82, 2.24) is 4.98 Å². The molecule has 0 spiro atoms. The normalized spacial score (nSPS) is 13.2. The molecule has 0 amide bonds. The Labute approximate surface area is 121 Å². The van der Waals surface area contributed by atoms with Crippen molar-refractivity contribution < 1.29 is 13.2 Å². The van der Waals surface area contributed by atoms with Crippen LogP contribution in [0.5, 0.6) is 0 Å². The van der Waals surface area contributed by atoms with Crippen LogP contribution in [0.2, 0.25) is 0 Å². The molecule has 2 nitrogen and oxygen atoms in total. The van der Waals surface area contributed by atoms with Gasteiger partial charge in [-0.25, -0.2) is 0 Å². The van der Waals surface area contributed by atoms with Gasteiger partial charge in [-0.3, -0.25) is 4.98 Å². The average Bonchev–Trinajstić information content (AvgIpc) is 2.46. The van der Waals surface area contributed by atoms with Gasteiger partial charge in [0.2, 0.25) is 0 Å². The maximum Gasteiger partial charge on any atom is 0.417 e. The first kappa shape index (κ1) is 15.5. The molecule has 0 radical (unpaired) electrons. The lowest BCUT2D eigenvalue weighted by Crippen LogP contribution is -2.15. The number of nitrogens with zero attached hydrogens (tertiary/aromatic N) is 1. The van der Waals surface area contributed by atoms with Crippen LogP contribution in [0.3, 0.4) is 0 Å². The van der Waals surface area contributed by atoms with Crippen LogP contribution in [0.4, 0.5) is 13.2 Å². The Morgan fingerprint density at radius 2 is 1.95 bits per heavy atom. The number of rotatable bonds is 4. The van der Waals surface area contributed by atoms with Crippen molar-refractivity contribution in [3.05, 3.63) is 65.0 Å². The first-order valence-corrected chi connectivity index (χ1v) is 6.79. The summed E-state index contributed by atoms with van der Waals surface area (Å²) in [5.74, 6) is 0. The SMILES string of the molecule is CCCc1cccc(C(N)c2ccc(C(F)(F)F)cn2)c1. The Kier molecular flexibility index (Phi) is 4.63. The topological polar surface area (TPSA) is 38.9 Å². The highest BCUT2D eigenvalue weighted by Gasteiger charge is 2.30. The Morgan fingerprint density at radius 3 is 2.52 bits per heavy atom. The second-order valence-corrected chi connectivity index (χ2v) is 4.94. The zero-order valence-electron chi connectivity index (χ0n) is 11.7. The van der Waals surface area contributed by atoms with Gasteiger partial charge in [-0.05, 0) is 29.7 Å². The van der Waals surface area contributed by atoms with Crippen LogP contribution in [0.1, 0.15) is 41.8 Å². The number of aromatic nitrogens is 1. The highest BCUT2D eigenvalue weighted by molar-refractivity contribution is 5.32. The number of benzene rings is 1. The van der Waals surface area contributed by atoms with Crippen molar-refractivity contribution in [3.8, 4) is 0 Å². The van der Waals surface area contributed by atoms with E-state index in [1.807, 2.05) is 24.3 Å². The predicted octanol–water partition coefficient (Wildman–Crippen LogP) is 4.10. The van der Waals surface area contributed by atoms with Crippen LogP contribution >= 0.6 is 0 Å². The third-order valence-corrected chi connectivity index (χ3v) is 3.28. The average molecular weight is 294 g/mol. The van der Waals surface area contributed by atoms with Crippen molar-refractivity contribution in [2.75, 3.05) is 0 Å². The fraction of sp³-hybridized carbons (Fsp3) is 0.312. The number of alkyl halides is 3. The number of nitrogens with two attached hydrogens (primary N) is 1. The van der Waals surface area contributed by atoms with Gasteiger partial charge in [0.15, 0.2) is 0 Å². The van der Waals surface area contributed by atoms with Gasteiger partial charge in [0.25, 0.3) is 0 Å². The van der Waals surface area contributed by atoms with Gasteiger partial charge in [0.05, 0.1) is 17.3 Å². The van der Waals surface area contributed by atoms with E-state index in [0.29, 0.717) is 5.69 Å². The molecule has 5 heteroatoms. The molecule has 0 aliphatic carbocycles. The Hall–Kier alpha value is -1.88. The van der Waals surface area contributed by atoms with Crippen molar-refractivity contribution >= 4 is 0 Å². The van der Waals surface area contributed by atoms with Crippen LogP contribution < -0.4 is 5.73 Å². The molecule has 0 fully saturated rings. The minimum Gasteiger partial charge on any atom is -0.319 e. The molecule has 0 bridgehead atoms. The van der Waals surface area contributed by atoms with Crippen molar-refractivity contribution in [1.29, 1.82) is 0 Å². The highest BCUT2D eigenvalue weighted by Crippen LogP contribution is 2.29. The molecule has 1 aromatic carbocycles. The van der Waals surface area contributed by atoms with Crippen LogP contribution in [-0.2, 0) is 12.6 Å². The number of pyridine rings is 1. The molecule has 1 aromatic heterocycles. The molecule has 1 atom stereocenters. The molecule has 0 saturated carbocycles. The molecule has 2 N–H and O–H groups in total. The zero-order chi connectivity index (χ0) is 15.5. The predicted molar refractivity (Wildman–Crippen MR) is 75.7 cm³/mol. The number of hydrogen-bond acceptors (Lipinski definition) is 2. The minimum atomic E-state index is -4.38. The van der Waals surface area contributed by atoms with Crippen LogP contribution in [-0.4, -0.2) is 4.98 Å². The largest absolute Gasteiger partial charge is 0.417 e. The van der Waals surface area contributed by atoms with Gasteiger partial charge in [0, 0.05) is 6.20 Å². The molecule has 0 aliphatic heterocycles. The molecule has 2 rings (SSSR count). The maximum absolute atomic E-state index is 12.5. The fourth-order valence-corrected chi connectivity index (χ4v) is 2.16. The third kappa shape index (κ3) is 3.82. The second-order valence-electron chi connectivity index (χ2n) is 4.94. The van der Waals surface area contributed by atoms with E-state index >= 15 is 0 Å². The summed E-state index contributed by atoms with van der Waals surface area (Å²) in [4.78, 5) is 3.85.